The van der Waals surface area contributed by atoms with Gasteiger partial charge in [0.05, 0.1) is 0 Å². The Bertz CT molecular complexity index is 825. The van der Waals surface area contributed by atoms with Gasteiger partial charge in [0.1, 0.15) is 5.82 Å². The number of halogens is 9. The second-order valence-corrected chi connectivity index (χ2v) is 7.40. The molecule has 0 aromatic heterocycles. The van der Waals surface area contributed by atoms with Gasteiger partial charge in [0.2, 0.25) is 0 Å². The number of benzene rings is 2. The van der Waals surface area contributed by atoms with Gasteiger partial charge < -0.3 is 0 Å². The average Bonchev–Trinajstić information content (AvgIpc) is 2.57. The molecule has 0 aliphatic rings. The highest BCUT2D eigenvalue weighted by molar-refractivity contribution is 14.1. The smallest absolute Gasteiger partial charge is 0.218 e. The molecule has 0 heterocycles. The lowest BCUT2D eigenvalue weighted by molar-refractivity contribution is -0.348. The molecule has 0 aliphatic carbocycles. The molecule has 0 bridgehead atoms. The fraction of sp³-hybridized carbons (Fsp3) is 0.368. The van der Waals surface area contributed by atoms with Crippen molar-refractivity contribution in [3.05, 3.63) is 56.9 Å². The highest BCUT2D eigenvalue weighted by Crippen LogP contribution is 2.56. The number of rotatable bonds is 5. The van der Waals surface area contributed by atoms with E-state index in [-0.39, 0.29) is 15.6 Å². The number of hydrogen-bond acceptors (Lipinski definition) is 0. The topological polar surface area (TPSA) is 0 Å². The second-order valence-electron chi connectivity index (χ2n) is 6.24. The van der Waals surface area contributed by atoms with Crippen LogP contribution in [-0.2, 0) is 12.1 Å². The van der Waals surface area contributed by atoms with Gasteiger partial charge in [-0.2, -0.15) is 26.3 Å². The van der Waals surface area contributed by atoms with Crippen LogP contribution < -0.4 is 0 Å². The van der Waals surface area contributed by atoms with Gasteiger partial charge in [0.15, 0.2) is 0 Å². The third-order valence-electron chi connectivity index (χ3n) is 4.26. The SMILES string of the molecule is CCCCc1cc(I)c(-c2ccccc2F)c(C(F)(C(F)(F)F)C(F)(F)F)c1. The van der Waals surface area contributed by atoms with Crippen LogP contribution >= 0.6 is 22.6 Å². The van der Waals surface area contributed by atoms with E-state index in [0.29, 0.717) is 18.9 Å². The van der Waals surface area contributed by atoms with Crippen molar-refractivity contribution < 1.29 is 35.1 Å². The van der Waals surface area contributed by atoms with E-state index in [1.165, 1.54) is 40.8 Å². The van der Waals surface area contributed by atoms with E-state index < -0.39 is 40.5 Å². The lowest BCUT2D eigenvalue weighted by Crippen LogP contribution is -2.50. The van der Waals surface area contributed by atoms with Crippen LogP contribution in [0.2, 0.25) is 0 Å². The summed E-state index contributed by atoms with van der Waals surface area (Å²) < 4.78 is 109. The van der Waals surface area contributed by atoms with Gasteiger partial charge in [-0.15, -0.1) is 0 Å². The van der Waals surface area contributed by atoms with Crippen LogP contribution in [-0.4, -0.2) is 12.4 Å². The van der Waals surface area contributed by atoms with E-state index in [1.807, 2.05) is 0 Å². The summed E-state index contributed by atoms with van der Waals surface area (Å²) in [6, 6.07) is 6.31. The van der Waals surface area contributed by atoms with E-state index >= 15 is 0 Å². The lowest BCUT2D eigenvalue weighted by Gasteiger charge is -2.32. The molecular formula is C19H15F8I. The molecule has 0 N–H and O–H groups in total. The minimum Gasteiger partial charge on any atom is -0.218 e. The zero-order chi connectivity index (χ0) is 21.3. The Labute approximate surface area is 170 Å². The summed E-state index contributed by atoms with van der Waals surface area (Å²) >= 11 is 1.51. The molecular weight excluding hydrogens is 507 g/mol. The van der Waals surface area contributed by atoms with Crippen LogP contribution in [0.4, 0.5) is 35.1 Å². The summed E-state index contributed by atoms with van der Waals surface area (Å²) in [5, 5.41) is 0. The molecule has 0 nitrogen and oxygen atoms in total. The second kappa shape index (κ2) is 8.16. The minimum atomic E-state index is -6.28. The summed E-state index contributed by atoms with van der Waals surface area (Å²) in [5.74, 6) is -1.05. The summed E-state index contributed by atoms with van der Waals surface area (Å²) in [6.07, 6.45) is -11.3. The van der Waals surface area contributed by atoms with Gasteiger partial charge in [0, 0.05) is 20.3 Å². The Hall–Kier alpha value is -1.39. The summed E-state index contributed by atoms with van der Waals surface area (Å²) in [7, 11) is 0. The fourth-order valence-electron chi connectivity index (χ4n) is 2.86. The zero-order valence-corrected chi connectivity index (χ0v) is 16.6. The van der Waals surface area contributed by atoms with Crippen LogP contribution in [0.15, 0.2) is 36.4 Å². The molecule has 0 saturated carbocycles. The van der Waals surface area contributed by atoms with Crippen molar-refractivity contribution >= 4 is 22.6 Å². The molecule has 0 radical (unpaired) electrons. The normalized spacial score (nSPS) is 13.1. The average molecular weight is 522 g/mol. The van der Waals surface area contributed by atoms with Gasteiger partial charge in [-0.25, -0.2) is 8.78 Å². The number of unbranched alkanes of at least 4 members (excludes halogenated alkanes) is 1. The largest absolute Gasteiger partial charge is 0.435 e. The van der Waals surface area contributed by atoms with Crippen LogP contribution in [0.25, 0.3) is 11.1 Å². The van der Waals surface area contributed by atoms with E-state index in [0.717, 1.165) is 12.1 Å². The quantitative estimate of drug-likeness (QED) is 0.279. The van der Waals surface area contributed by atoms with Gasteiger partial charge in [0.25, 0.3) is 0 Å². The molecule has 2 aromatic carbocycles. The summed E-state index contributed by atoms with van der Waals surface area (Å²) in [4.78, 5) is 0. The molecule has 0 amide bonds. The molecule has 0 unspecified atom stereocenters. The third-order valence-corrected chi connectivity index (χ3v) is 5.12. The highest BCUT2D eigenvalue weighted by Gasteiger charge is 2.74. The van der Waals surface area contributed by atoms with E-state index in [1.54, 1.807) is 6.92 Å². The van der Waals surface area contributed by atoms with Crippen LogP contribution in [0.1, 0.15) is 30.9 Å². The first kappa shape index (κ1) is 22.9. The standard InChI is InChI=1S/C19H15F8I/c1-2-3-6-11-9-13(17(21,18(22,23)24)19(25,26)27)16(15(28)10-11)12-7-4-5-8-14(12)20/h4-5,7-10H,2-3,6H2,1H3. The molecule has 0 aliphatic heterocycles. The first-order valence-corrected chi connectivity index (χ1v) is 9.32. The fourth-order valence-corrected chi connectivity index (χ4v) is 3.84. The van der Waals surface area contributed by atoms with Crippen LogP contribution in [0.3, 0.4) is 0 Å². The van der Waals surface area contributed by atoms with Crippen molar-refractivity contribution in [3.8, 4) is 11.1 Å². The molecule has 0 atom stereocenters. The molecule has 2 rings (SSSR count). The third kappa shape index (κ3) is 4.13. The van der Waals surface area contributed by atoms with Crippen molar-refractivity contribution in [2.24, 2.45) is 0 Å². The molecule has 2 aromatic rings. The predicted molar refractivity (Wildman–Crippen MR) is 98.1 cm³/mol. The van der Waals surface area contributed by atoms with Crippen LogP contribution in [0.5, 0.6) is 0 Å². The minimum absolute atomic E-state index is 0.0955. The van der Waals surface area contributed by atoms with Crippen molar-refractivity contribution in [1.29, 1.82) is 0 Å². The number of hydrogen-bond donors (Lipinski definition) is 0. The van der Waals surface area contributed by atoms with Gasteiger partial charge in [-0.3, -0.25) is 0 Å². The Balaban J connectivity index is 2.93. The lowest BCUT2D eigenvalue weighted by atomic mass is 9.85. The Morgan fingerprint density at radius 3 is 1.96 bits per heavy atom. The summed E-state index contributed by atoms with van der Waals surface area (Å²) in [6.45, 7) is 1.80. The van der Waals surface area contributed by atoms with Crippen LogP contribution in [0, 0.1) is 9.39 Å². The van der Waals surface area contributed by atoms with Crippen molar-refractivity contribution in [1.82, 2.24) is 0 Å². The Kier molecular flexibility index (Phi) is 6.67. The molecule has 28 heavy (non-hydrogen) atoms. The molecule has 0 spiro atoms. The van der Waals surface area contributed by atoms with Crippen molar-refractivity contribution in [3.63, 3.8) is 0 Å². The number of alkyl halides is 7. The summed E-state index contributed by atoms with van der Waals surface area (Å²) in [5.41, 5.74) is -8.44. The Morgan fingerprint density at radius 2 is 1.46 bits per heavy atom. The maximum Gasteiger partial charge on any atom is 0.435 e. The number of aryl methyl sites for hydroxylation is 1. The first-order valence-electron chi connectivity index (χ1n) is 8.24. The van der Waals surface area contributed by atoms with Crippen molar-refractivity contribution in [2.45, 2.75) is 44.2 Å². The van der Waals surface area contributed by atoms with E-state index in [9.17, 15) is 35.1 Å². The Morgan fingerprint density at radius 1 is 0.893 bits per heavy atom. The monoisotopic (exact) mass is 522 g/mol. The van der Waals surface area contributed by atoms with E-state index in [4.69, 9.17) is 0 Å². The van der Waals surface area contributed by atoms with Gasteiger partial charge in [-0.05, 0) is 53.1 Å². The zero-order valence-electron chi connectivity index (χ0n) is 14.5. The maximum absolute atomic E-state index is 14.9. The highest BCUT2D eigenvalue weighted by atomic mass is 127. The molecule has 9 heteroatoms. The predicted octanol–water partition coefficient (Wildman–Crippen LogP) is 7.73. The first-order chi connectivity index (χ1) is 12.8. The molecule has 0 fully saturated rings. The van der Waals surface area contributed by atoms with Crippen molar-refractivity contribution in [2.75, 3.05) is 0 Å². The van der Waals surface area contributed by atoms with Gasteiger partial charge >= 0.3 is 18.0 Å². The molecule has 154 valence electrons. The maximum atomic E-state index is 14.9. The molecule has 0 saturated heterocycles. The van der Waals surface area contributed by atoms with Gasteiger partial charge in [-0.1, -0.05) is 37.6 Å². The van der Waals surface area contributed by atoms with E-state index in [2.05, 4.69) is 0 Å².